The van der Waals surface area contributed by atoms with E-state index in [1.54, 1.807) is 4.68 Å². The molecule has 1 atom stereocenters. The van der Waals surface area contributed by atoms with Gasteiger partial charge in [0.25, 0.3) is 5.91 Å². The van der Waals surface area contributed by atoms with E-state index in [-0.39, 0.29) is 11.9 Å². The summed E-state index contributed by atoms with van der Waals surface area (Å²) >= 11 is 0. The van der Waals surface area contributed by atoms with Gasteiger partial charge in [-0.25, -0.2) is 10.5 Å². The third kappa shape index (κ3) is 3.33. The molecule has 1 aromatic heterocycles. The fourth-order valence-corrected chi connectivity index (χ4v) is 1.73. The summed E-state index contributed by atoms with van der Waals surface area (Å²) < 4.78 is 7.06. The van der Waals surface area contributed by atoms with E-state index < -0.39 is 6.10 Å². The molecule has 0 aliphatic rings. The number of hydrazine groups is 1. The van der Waals surface area contributed by atoms with Crippen LogP contribution in [0.4, 0.5) is 0 Å². The first-order valence-corrected chi connectivity index (χ1v) is 6.38. The van der Waals surface area contributed by atoms with Gasteiger partial charge in [-0.2, -0.15) is 4.98 Å². The van der Waals surface area contributed by atoms with Crippen molar-refractivity contribution >= 4 is 5.91 Å². The van der Waals surface area contributed by atoms with Crippen LogP contribution in [0.2, 0.25) is 0 Å². The summed E-state index contributed by atoms with van der Waals surface area (Å²) in [6, 6.07) is 9.67. The van der Waals surface area contributed by atoms with E-state index in [4.69, 9.17) is 10.6 Å². The maximum Gasteiger partial charge on any atom is 0.336 e. The molecule has 0 spiro atoms. The lowest BCUT2D eigenvalue weighted by molar-refractivity contribution is -0.128. The van der Waals surface area contributed by atoms with Crippen molar-refractivity contribution in [3.8, 4) is 11.7 Å². The second kappa shape index (κ2) is 6.67. The van der Waals surface area contributed by atoms with E-state index in [1.807, 2.05) is 37.3 Å². The van der Waals surface area contributed by atoms with Crippen molar-refractivity contribution in [1.82, 2.24) is 20.2 Å². The molecule has 2 rings (SSSR count). The van der Waals surface area contributed by atoms with Crippen LogP contribution >= 0.6 is 0 Å². The van der Waals surface area contributed by atoms with Crippen molar-refractivity contribution in [3.05, 3.63) is 36.7 Å². The highest BCUT2D eigenvalue weighted by Crippen LogP contribution is 2.11. The van der Waals surface area contributed by atoms with Crippen molar-refractivity contribution in [3.63, 3.8) is 0 Å². The Labute approximate surface area is 116 Å². The minimum absolute atomic E-state index is 0.149. The maximum absolute atomic E-state index is 11.6. The highest BCUT2D eigenvalue weighted by Gasteiger charge is 2.20. The predicted molar refractivity (Wildman–Crippen MR) is 73.0 cm³/mol. The number of hydrogen-bond acceptors (Lipinski definition) is 5. The van der Waals surface area contributed by atoms with E-state index in [0.717, 1.165) is 12.1 Å². The van der Waals surface area contributed by atoms with Crippen molar-refractivity contribution in [1.29, 1.82) is 0 Å². The van der Waals surface area contributed by atoms with Gasteiger partial charge in [-0.15, -0.1) is 5.10 Å². The van der Waals surface area contributed by atoms with Crippen LogP contribution in [-0.4, -0.2) is 26.8 Å². The van der Waals surface area contributed by atoms with Crippen molar-refractivity contribution in [2.24, 2.45) is 5.84 Å². The third-order valence-corrected chi connectivity index (χ3v) is 2.72. The van der Waals surface area contributed by atoms with Crippen LogP contribution in [0.3, 0.4) is 0 Å². The zero-order chi connectivity index (χ0) is 14.4. The van der Waals surface area contributed by atoms with Crippen LogP contribution in [0.1, 0.15) is 19.8 Å². The summed E-state index contributed by atoms with van der Waals surface area (Å²) in [5.41, 5.74) is 2.95. The van der Waals surface area contributed by atoms with Gasteiger partial charge >= 0.3 is 6.01 Å². The molecule has 0 radical (unpaired) electrons. The zero-order valence-corrected chi connectivity index (χ0v) is 11.2. The summed E-state index contributed by atoms with van der Waals surface area (Å²) in [7, 11) is 0. The van der Waals surface area contributed by atoms with Crippen LogP contribution in [-0.2, 0) is 4.79 Å². The first kappa shape index (κ1) is 14.0. The Morgan fingerprint density at radius 2 is 2.20 bits per heavy atom. The average molecular weight is 275 g/mol. The predicted octanol–water partition coefficient (Wildman–Crippen LogP) is 0.805. The number of nitrogens with two attached hydrogens (primary N) is 1. The molecule has 106 valence electrons. The van der Waals surface area contributed by atoms with E-state index in [1.165, 1.54) is 6.33 Å². The summed E-state index contributed by atoms with van der Waals surface area (Å²) in [5, 5.41) is 4.18. The van der Waals surface area contributed by atoms with Gasteiger partial charge in [-0.05, 0) is 18.6 Å². The monoisotopic (exact) mass is 275 g/mol. The maximum atomic E-state index is 11.6. The minimum atomic E-state index is -0.684. The molecule has 2 aromatic rings. The van der Waals surface area contributed by atoms with E-state index in [0.29, 0.717) is 6.42 Å². The fraction of sp³-hybridized carbons (Fsp3) is 0.308. The first-order valence-electron chi connectivity index (χ1n) is 6.38. The van der Waals surface area contributed by atoms with Gasteiger partial charge in [-0.3, -0.25) is 10.2 Å². The van der Waals surface area contributed by atoms with Crippen LogP contribution in [0, 0.1) is 0 Å². The lowest BCUT2D eigenvalue weighted by Gasteiger charge is -2.13. The lowest BCUT2D eigenvalue weighted by atomic mass is 10.2. The number of benzene rings is 1. The number of carbonyl (C=O) groups is 1. The highest BCUT2D eigenvalue weighted by molar-refractivity contribution is 5.80. The smallest absolute Gasteiger partial charge is 0.336 e. The van der Waals surface area contributed by atoms with Crippen molar-refractivity contribution in [2.75, 3.05) is 0 Å². The van der Waals surface area contributed by atoms with Gasteiger partial charge < -0.3 is 4.74 Å². The normalized spacial score (nSPS) is 11.9. The Kier molecular flexibility index (Phi) is 4.67. The third-order valence-electron chi connectivity index (χ3n) is 2.72. The molecule has 0 saturated carbocycles. The molecule has 3 N–H and O–H groups in total. The summed E-state index contributed by atoms with van der Waals surface area (Å²) in [6.45, 7) is 1.95. The Bertz CT molecular complexity index is 555. The molecule has 1 heterocycles. The van der Waals surface area contributed by atoms with Gasteiger partial charge in [0, 0.05) is 0 Å². The van der Waals surface area contributed by atoms with Gasteiger partial charge in [0.05, 0.1) is 5.69 Å². The topological polar surface area (TPSA) is 95.1 Å². The van der Waals surface area contributed by atoms with Gasteiger partial charge in [0.1, 0.15) is 6.33 Å². The second-order valence-electron chi connectivity index (χ2n) is 4.21. The SMILES string of the molecule is CCCC(Oc1ncn(-c2ccccc2)n1)C(=O)NN. The molecule has 0 aliphatic carbocycles. The number of aromatic nitrogens is 3. The molecule has 20 heavy (non-hydrogen) atoms. The van der Waals surface area contributed by atoms with E-state index in [9.17, 15) is 4.79 Å². The summed E-state index contributed by atoms with van der Waals surface area (Å²) in [6.07, 6.45) is 2.19. The van der Waals surface area contributed by atoms with E-state index in [2.05, 4.69) is 15.5 Å². The van der Waals surface area contributed by atoms with Gasteiger partial charge in [-0.1, -0.05) is 31.5 Å². The molecule has 0 saturated heterocycles. The quantitative estimate of drug-likeness (QED) is 0.462. The second-order valence-corrected chi connectivity index (χ2v) is 4.21. The average Bonchev–Trinajstić information content (AvgIpc) is 2.95. The molecular formula is C13H17N5O2. The number of amides is 1. The summed E-state index contributed by atoms with van der Waals surface area (Å²) in [5.74, 6) is 4.74. The van der Waals surface area contributed by atoms with Crippen LogP contribution in [0.5, 0.6) is 6.01 Å². The zero-order valence-electron chi connectivity index (χ0n) is 11.2. The Morgan fingerprint density at radius 3 is 2.85 bits per heavy atom. The number of ether oxygens (including phenoxy) is 1. The number of nitrogens with zero attached hydrogens (tertiary/aromatic N) is 3. The molecule has 0 fully saturated rings. The van der Waals surface area contributed by atoms with Crippen LogP contribution in [0.15, 0.2) is 36.7 Å². The summed E-state index contributed by atoms with van der Waals surface area (Å²) in [4.78, 5) is 15.6. The molecular weight excluding hydrogens is 258 g/mol. The largest absolute Gasteiger partial charge is 0.449 e. The molecule has 7 nitrogen and oxygen atoms in total. The number of nitrogens with one attached hydrogen (secondary N) is 1. The molecule has 0 aliphatic heterocycles. The lowest BCUT2D eigenvalue weighted by Crippen LogP contribution is -2.42. The number of para-hydroxylation sites is 1. The van der Waals surface area contributed by atoms with Gasteiger partial charge in [0.2, 0.25) is 0 Å². The Morgan fingerprint density at radius 1 is 1.45 bits per heavy atom. The molecule has 1 unspecified atom stereocenters. The number of rotatable bonds is 6. The number of hydrogen-bond donors (Lipinski definition) is 2. The highest BCUT2D eigenvalue weighted by atomic mass is 16.5. The van der Waals surface area contributed by atoms with E-state index >= 15 is 0 Å². The van der Waals surface area contributed by atoms with Gasteiger partial charge in [0.15, 0.2) is 6.10 Å². The molecule has 1 aromatic carbocycles. The van der Waals surface area contributed by atoms with Crippen molar-refractivity contribution < 1.29 is 9.53 Å². The molecule has 0 bridgehead atoms. The Hall–Kier alpha value is -2.41. The van der Waals surface area contributed by atoms with Crippen LogP contribution in [0.25, 0.3) is 5.69 Å². The first-order chi connectivity index (χ1) is 9.74. The van der Waals surface area contributed by atoms with Crippen molar-refractivity contribution in [2.45, 2.75) is 25.9 Å². The number of carbonyl (C=O) groups excluding carboxylic acids is 1. The minimum Gasteiger partial charge on any atom is -0.449 e. The fourth-order valence-electron chi connectivity index (χ4n) is 1.73. The standard InChI is InChI=1S/C13H17N5O2/c1-2-6-11(12(19)16-14)20-13-15-9-18(17-13)10-7-4-3-5-8-10/h3-5,7-9,11H,2,6,14H2,1H3,(H,16,19). The van der Waals surface area contributed by atoms with Crippen LogP contribution < -0.4 is 16.0 Å². The molecule has 7 heteroatoms. The Balaban J connectivity index is 2.10. The molecule has 1 amide bonds.